The maximum absolute atomic E-state index is 14.3. The number of hydrogen-bond acceptors (Lipinski definition) is 6. The first-order valence-electron chi connectivity index (χ1n) is 11.1. The van der Waals surface area contributed by atoms with Gasteiger partial charge in [-0.05, 0) is 38.8 Å². The highest BCUT2D eigenvalue weighted by Crippen LogP contribution is 2.24. The summed E-state index contributed by atoms with van der Waals surface area (Å²) in [4.78, 5) is 65.8. The standard InChI is InChI=1S/C23H28F2N4O6/c1-4-28(3)20-16(24)8-14(9-17(20)25)21(33)26-11-13(2)23(35)29-7-5-6-18(29)22(34)27-15(12-30)10-19(31)32/h8-9,11-13,15,18H,4-7,10H2,1-3H3,(H,27,34)(H,31,32)/t13?,15?,18-/m0/s1. The molecule has 1 aromatic carbocycles. The van der Waals surface area contributed by atoms with Crippen LogP contribution in [0.2, 0.25) is 0 Å². The van der Waals surface area contributed by atoms with Gasteiger partial charge in [0.2, 0.25) is 11.8 Å². The number of carbonyl (C=O) groups excluding carboxylic acids is 4. The number of rotatable bonds is 10. The molecular formula is C23H28F2N4O6. The van der Waals surface area contributed by atoms with E-state index in [2.05, 4.69) is 10.3 Å². The normalized spacial score (nSPS) is 17.2. The van der Waals surface area contributed by atoms with E-state index < -0.39 is 59.7 Å². The zero-order valence-electron chi connectivity index (χ0n) is 19.7. The number of aldehydes is 1. The molecule has 10 nitrogen and oxygen atoms in total. The number of aliphatic imine (C=N–C) groups is 1. The number of aliphatic carboxylic acids is 1. The number of nitrogens with one attached hydrogen (secondary N) is 1. The molecule has 35 heavy (non-hydrogen) atoms. The van der Waals surface area contributed by atoms with Crippen molar-refractivity contribution in [2.75, 3.05) is 25.0 Å². The Labute approximate surface area is 201 Å². The third-order valence-electron chi connectivity index (χ3n) is 5.65. The first-order chi connectivity index (χ1) is 16.5. The summed E-state index contributed by atoms with van der Waals surface area (Å²) in [5.41, 5.74) is -0.587. The van der Waals surface area contributed by atoms with Gasteiger partial charge < -0.3 is 25.0 Å². The molecule has 2 unspecified atom stereocenters. The average molecular weight is 494 g/mol. The Bertz CT molecular complexity index is 1010. The van der Waals surface area contributed by atoms with E-state index in [1.807, 2.05) is 0 Å². The van der Waals surface area contributed by atoms with E-state index >= 15 is 0 Å². The second-order valence-electron chi connectivity index (χ2n) is 8.21. The van der Waals surface area contributed by atoms with Crippen LogP contribution in [0.1, 0.15) is 43.5 Å². The summed E-state index contributed by atoms with van der Waals surface area (Å²) in [6.45, 7) is 3.76. The summed E-state index contributed by atoms with van der Waals surface area (Å²) in [5, 5.41) is 11.1. The van der Waals surface area contributed by atoms with Crippen LogP contribution in [0, 0.1) is 17.6 Å². The molecule has 1 heterocycles. The number of halogens is 2. The molecule has 12 heteroatoms. The molecule has 1 aliphatic heterocycles. The molecule has 1 aliphatic rings. The van der Waals surface area contributed by atoms with Gasteiger partial charge in [0, 0.05) is 31.9 Å². The lowest BCUT2D eigenvalue weighted by molar-refractivity contribution is -0.141. The third-order valence-corrected chi connectivity index (χ3v) is 5.65. The first-order valence-corrected chi connectivity index (χ1v) is 11.1. The quantitative estimate of drug-likeness (QED) is 0.371. The summed E-state index contributed by atoms with van der Waals surface area (Å²) >= 11 is 0. The molecule has 0 radical (unpaired) electrons. The average Bonchev–Trinajstić information content (AvgIpc) is 3.30. The topological polar surface area (TPSA) is 136 Å². The van der Waals surface area contributed by atoms with Crippen molar-refractivity contribution in [2.45, 2.75) is 45.2 Å². The zero-order chi connectivity index (χ0) is 26.3. The van der Waals surface area contributed by atoms with Crippen molar-refractivity contribution in [3.05, 3.63) is 29.3 Å². The Hall–Kier alpha value is -3.70. The second kappa shape index (κ2) is 12.1. The van der Waals surface area contributed by atoms with Crippen LogP contribution in [-0.4, -0.2) is 78.4 Å². The summed E-state index contributed by atoms with van der Waals surface area (Å²) in [7, 11) is 1.51. The summed E-state index contributed by atoms with van der Waals surface area (Å²) < 4.78 is 28.6. The molecular weight excluding hydrogens is 466 g/mol. The largest absolute Gasteiger partial charge is 0.481 e. The SMILES string of the molecule is CCN(C)c1c(F)cc(C(=O)N=CC(C)C(=O)N2CCC[C@H]2C(=O)NC(C=O)CC(=O)O)cc1F. The van der Waals surface area contributed by atoms with Gasteiger partial charge in [-0.3, -0.25) is 19.2 Å². The summed E-state index contributed by atoms with van der Waals surface area (Å²) in [5.74, 6) is -6.14. The van der Waals surface area contributed by atoms with Crippen molar-refractivity contribution in [1.29, 1.82) is 0 Å². The fourth-order valence-corrected chi connectivity index (χ4v) is 3.69. The molecule has 0 spiro atoms. The van der Waals surface area contributed by atoms with E-state index in [0.717, 1.165) is 18.3 Å². The fourth-order valence-electron chi connectivity index (χ4n) is 3.69. The molecule has 190 valence electrons. The number of carboxylic acids is 1. The van der Waals surface area contributed by atoms with Gasteiger partial charge in [-0.25, -0.2) is 13.8 Å². The first kappa shape index (κ1) is 27.5. The Morgan fingerprint density at radius 3 is 2.46 bits per heavy atom. The Kier molecular flexibility index (Phi) is 9.55. The maximum Gasteiger partial charge on any atom is 0.305 e. The summed E-state index contributed by atoms with van der Waals surface area (Å²) in [6, 6.07) is -0.383. The number of likely N-dealkylation sites (tertiary alicyclic amines) is 1. The fraction of sp³-hybridized carbons (Fsp3) is 0.478. The summed E-state index contributed by atoms with van der Waals surface area (Å²) in [6.07, 6.45) is 1.59. The lowest BCUT2D eigenvalue weighted by Crippen LogP contribution is -2.50. The highest BCUT2D eigenvalue weighted by atomic mass is 19.1. The number of nitrogens with zero attached hydrogens (tertiary/aromatic N) is 3. The molecule has 3 amide bonds. The molecule has 3 atom stereocenters. The molecule has 1 aromatic rings. The highest BCUT2D eigenvalue weighted by Gasteiger charge is 2.36. The van der Waals surface area contributed by atoms with Crippen LogP contribution < -0.4 is 10.2 Å². The molecule has 0 aromatic heterocycles. The van der Waals surface area contributed by atoms with Gasteiger partial charge in [0.1, 0.15) is 29.6 Å². The maximum atomic E-state index is 14.3. The van der Waals surface area contributed by atoms with Crippen LogP contribution >= 0.6 is 0 Å². The van der Waals surface area contributed by atoms with Gasteiger partial charge in [-0.1, -0.05) is 0 Å². The monoisotopic (exact) mass is 494 g/mol. The minimum absolute atomic E-state index is 0.247. The van der Waals surface area contributed by atoms with Crippen molar-refractivity contribution in [3.8, 4) is 0 Å². The van der Waals surface area contributed by atoms with E-state index in [-0.39, 0.29) is 17.8 Å². The van der Waals surface area contributed by atoms with Gasteiger partial charge in [-0.2, -0.15) is 0 Å². The van der Waals surface area contributed by atoms with E-state index in [0.29, 0.717) is 25.7 Å². The Morgan fingerprint density at radius 1 is 1.29 bits per heavy atom. The minimum atomic E-state index is -1.26. The molecule has 2 N–H and O–H groups in total. The highest BCUT2D eigenvalue weighted by molar-refractivity contribution is 6.04. The van der Waals surface area contributed by atoms with Gasteiger partial charge in [0.15, 0.2) is 0 Å². The van der Waals surface area contributed by atoms with Gasteiger partial charge in [-0.15, -0.1) is 0 Å². The van der Waals surface area contributed by atoms with Gasteiger partial charge >= 0.3 is 5.97 Å². The zero-order valence-corrected chi connectivity index (χ0v) is 19.7. The number of benzene rings is 1. The van der Waals surface area contributed by atoms with E-state index in [1.54, 1.807) is 6.92 Å². The van der Waals surface area contributed by atoms with Gasteiger partial charge in [0.05, 0.1) is 18.4 Å². The molecule has 1 saturated heterocycles. The minimum Gasteiger partial charge on any atom is -0.481 e. The van der Waals surface area contributed by atoms with Crippen LogP contribution in [0.15, 0.2) is 17.1 Å². The number of anilines is 1. The van der Waals surface area contributed by atoms with Crippen molar-refractivity contribution < 1.29 is 37.9 Å². The van der Waals surface area contributed by atoms with Gasteiger partial charge in [0.25, 0.3) is 5.91 Å². The molecule has 0 aliphatic carbocycles. The smallest absolute Gasteiger partial charge is 0.305 e. The van der Waals surface area contributed by atoms with Crippen molar-refractivity contribution >= 4 is 41.9 Å². The van der Waals surface area contributed by atoms with Crippen molar-refractivity contribution in [2.24, 2.45) is 10.9 Å². The predicted molar refractivity (Wildman–Crippen MR) is 122 cm³/mol. The lowest BCUT2D eigenvalue weighted by atomic mass is 10.1. The number of amides is 3. The predicted octanol–water partition coefficient (Wildman–Crippen LogP) is 1.42. The lowest BCUT2D eigenvalue weighted by Gasteiger charge is -2.26. The Balaban J connectivity index is 2.08. The van der Waals surface area contributed by atoms with Crippen LogP contribution in [0.3, 0.4) is 0 Å². The second-order valence-corrected chi connectivity index (χ2v) is 8.21. The number of carbonyl (C=O) groups is 5. The molecule has 1 fully saturated rings. The molecule has 0 saturated carbocycles. The molecule has 0 bridgehead atoms. The number of carboxylic acid groups (broad SMARTS) is 1. The van der Waals surface area contributed by atoms with E-state index in [1.165, 1.54) is 23.8 Å². The molecule has 2 rings (SSSR count). The van der Waals surface area contributed by atoms with E-state index in [9.17, 15) is 32.8 Å². The third kappa shape index (κ3) is 6.90. The van der Waals surface area contributed by atoms with Crippen LogP contribution in [-0.2, 0) is 19.2 Å². The van der Waals surface area contributed by atoms with Crippen LogP contribution in [0.25, 0.3) is 0 Å². The van der Waals surface area contributed by atoms with Crippen LogP contribution in [0.5, 0.6) is 0 Å². The van der Waals surface area contributed by atoms with Crippen molar-refractivity contribution in [1.82, 2.24) is 10.2 Å². The van der Waals surface area contributed by atoms with Crippen LogP contribution in [0.4, 0.5) is 14.5 Å². The van der Waals surface area contributed by atoms with Crippen molar-refractivity contribution in [3.63, 3.8) is 0 Å². The Morgan fingerprint density at radius 2 is 1.91 bits per heavy atom. The van der Waals surface area contributed by atoms with E-state index in [4.69, 9.17) is 5.11 Å². The number of hydrogen-bond donors (Lipinski definition) is 2.